The average molecular weight is 456 g/mol. The van der Waals surface area contributed by atoms with Crippen molar-refractivity contribution in [2.45, 2.75) is 37.3 Å². The first kappa shape index (κ1) is 21.6. The van der Waals surface area contributed by atoms with Crippen molar-refractivity contribution in [2.75, 3.05) is 52.9 Å². The van der Waals surface area contributed by atoms with E-state index in [4.69, 9.17) is 37.9 Å². The van der Waals surface area contributed by atoms with Gasteiger partial charge in [-0.05, 0) is 12.8 Å². The van der Waals surface area contributed by atoms with Crippen LogP contribution in [0.25, 0.3) is 0 Å². The van der Waals surface area contributed by atoms with Gasteiger partial charge in [0.2, 0.25) is 0 Å². The summed E-state index contributed by atoms with van der Waals surface area (Å²) in [6.45, 7) is 1.25. The van der Waals surface area contributed by atoms with Gasteiger partial charge in [0.05, 0.1) is 26.4 Å². The van der Waals surface area contributed by atoms with Crippen molar-refractivity contribution in [2.24, 2.45) is 10.8 Å². The zero-order valence-corrected chi connectivity index (χ0v) is 17.3. The van der Waals surface area contributed by atoms with Gasteiger partial charge in [0, 0.05) is 0 Å². The van der Waals surface area contributed by atoms with E-state index in [2.05, 4.69) is 0 Å². The van der Waals surface area contributed by atoms with Crippen LogP contribution in [0.15, 0.2) is 0 Å². The molecule has 0 N–H and O–H groups in total. The lowest BCUT2D eigenvalue weighted by atomic mass is 9.48. The van der Waals surface area contributed by atoms with Crippen molar-refractivity contribution in [3.8, 4) is 0 Å². The Morgan fingerprint density at radius 3 is 0.906 bits per heavy atom. The summed E-state index contributed by atoms with van der Waals surface area (Å²) in [5, 5.41) is 0. The highest BCUT2D eigenvalue weighted by atomic mass is 16.6. The molecule has 4 heterocycles. The Hall–Kier alpha value is -2.28. The first-order chi connectivity index (χ1) is 15.5. The maximum Gasteiger partial charge on any atom is 0.325 e. The molecule has 4 aliphatic heterocycles. The van der Waals surface area contributed by atoms with E-state index in [1.807, 2.05) is 0 Å². The Kier molecular flexibility index (Phi) is 5.56. The highest BCUT2D eigenvalue weighted by Crippen LogP contribution is 2.60. The standard InChI is InChI=1S/C20H24O12/c21-15(29-7-11-3-25-11)19(16(22)30-8-12-4-26-12)1-2-20(19,17(23)31-9-13-5-27-13)18(24)32-10-14-6-28-14/h11-14H,1-10H2. The van der Waals surface area contributed by atoms with E-state index in [0.29, 0.717) is 26.4 Å². The number of carbonyl (C=O) groups excluding carboxylic acids is 4. The molecule has 0 aromatic heterocycles. The zero-order valence-electron chi connectivity index (χ0n) is 17.3. The molecular formula is C20H24O12. The third-order valence-electron chi connectivity index (χ3n) is 6.21. The monoisotopic (exact) mass is 456 g/mol. The van der Waals surface area contributed by atoms with Crippen molar-refractivity contribution >= 4 is 23.9 Å². The van der Waals surface area contributed by atoms with Crippen LogP contribution >= 0.6 is 0 Å². The van der Waals surface area contributed by atoms with Crippen LogP contribution in [0.3, 0.4) is 0 Å². The fraction of sp³-hybridized carbons (Fsp3) is 0.800. The van der Waals surface area contributed by atoms with Crippen LogP contribution in [-0.4, -0.2) is 101 Å². The summed E-state index contributed by atoms with van der Waals surface area (Å²) >= 11 is 0. The normalized spacial score (nSPS) is 38.0. The highest BCUT2D eigenvalue weighted by molar-refractivity contribution is 6.16. The molecule has 4 atom stereocenters. The summed E-state index contributed by atoms with van der Waals surface area (Å²) in [7, 11) is 0. The minimum Gasteiger partial charge on any atom is -0.462 e. The third kappa shape index (κ3) is 4.07. The van der Waals surface area contributed by atoms with Crippen LogP contribution in [0, 0.1) is 10.8 Å². The summed E-state index contributed by atoms with van der Waals surface area (Å²) < 4.78 is 41.3. The van der Waals surface area contributed by atoms with Gasteiger partial charge in [-0.25, -0.2) is 0 Å². The van der Waals surface area contributed by atoms with Crippen LogP contribution in [0.4, 0.5) is 0 Å². The Morgan fingerprint density at radius 2 is 0.750 bits per heavy atom. The lowest BCUT2D eigenvalue weighted by molar-refractivity contribution is -0.221. The maximum absolute atomic E-state index is 13.2. The molecule has 0 spiro atoms. The molecule has 32 heavy (non-hydrogen) atoms. The molecule has 0 aromatic rings. The van der Waals surface area contributed by atoms with Crippen molar-refractivity contribution in [3.63, 3.8) is 0 Å². The number of hydrogen-bond donors (Lipinski definition) is 0. The van der Waals surface area contributed by atoms with Crippen molar-refractivity contribution in [1.29, 1.82) is 0 Å². The zero-order chi connectivity index (χ0) is 22.3. The summed E-state index contributed by atoms with van der Waals surface area (Å²) in [6, 6.07) is 0. The topological polar surface area (TPSA) is 155 Å². The Bertz CT molecular complexity index is 670. The third-order valence-corrected chi connectivity index (χ3v) is 6.21. The van der Waals surface area contributed by atoms with Gasteiger partial charge < -0.3 is 37.9 Å². The van der Waals surface area contributed by atoms with Crippen molar-refractivity contribution in [1.82, 2.24) is 0 Å². The van der Waals surface area contributed by atoms with E-state index in [1.54, 1.807) is 0 Å². The van der Waals surface area contributed by atoms with Crippen LogP contribution in [-0.2, 0) is 57.1 Å². The number of carbonyl (C=O) groups is 4. The predicted octanol–water partition coefficient (Wildman–Crippen LogP) is -1.48. The molecule has 12 nitrogen and oxygen atoms in total. The van der Waals surface area contributed by atoms with Crippen LogP contribution in [0.1, 0.15) is 12.8 Å². The lowest BCUT2D eigenvalue weighted by Gasteiger charge is -2.50. The van der Waals surface area contributed by atoms with Crippen LogP contribution < -0.4 is 0 Å². The molecule has 5 rings (SSSR count). The molecular weight excluding hydrogens is 432 g/mol. The van der Waals surface area contributed by atoms with Gasteiger partial charge in [0.1, 0.15) is 50.8 Å². The smallest absolute Gasteiger partial charge is 0.325 e. The second-order valence-corrected chi connectivity index (χ2v) is 8.53. The minimum absolute atomic E-state index is 0.106. The van der Waals surface area contributed by atoms with E-state index >= 15 is 0 Å². The minimum atomic E-state index is -2.22. The van der Waals surface area contributed by atoms with Gasteiger partial charge in [-0.1, -0.05) is 0 Å². The molecule has 5 aliphatic rings. The van der Waals surface area contributed by atoms with Gasteiger partial charge in [0.25, 0.3) is 0 Å². The molecule has 5 fully saturated rings. The Balaban J connectivity index is 1.41. The number of ether oxygens (including phenoxy) is 8. The molecule has 0 amide bonds. The van der Waals surface area contributed by atoms with Gasteiger partial charge in [0.15, 0.2) is 10.8 Å². The Morgan fingerprint density at radius 1 is 0.531 bits per heavy atom. The van der Waals surface area contributed by atoms with Gasteiger partial charge >= 0.3 is 23.9 Å². The fourth-order valence-corrected chi connectivity index (χ4v) is 3.72. The van der Waals surface area contributed by atoms with Gasteiger partial charge in [-0.15, -0.1) is 0 Å². The molecule has 4 saturated heterocycles. The summed E-state index contributed by atoms with van der Waals surface area (Å²) in [6.07, 6.45) is -1.38. The fourth-order valence-electron chi connectivity index (χ4n) is 3.72. The van der Waals surface area contributed by atoms with Gasteiger partial charge in [-0.3, -0.25) is 19.2 Å². The Labute approximate surface area is 182 Å². The number of epoxide rings is 4. The maximum atomic E-state index is 13.2. The highest BCUT2D eigenvalue weighted by Gasteiger charge is 2.79. The molecule has 0 aromatic carbocycles. The van der Waals surface area contributed by atoms with E-state index in [9.17, 15) is 19.2 Å². The van der Waals surface area contributed by atoms with E-state index in [1.165, 1.54) is 0 Å². The molecule has 4 unspecified atom stereocenters. The van der Waals surface area contributed by atoms with Crippen molar-refractivity contribution in [3.05, 3.63) is 0 Å². The van der Waals surface area contributed by atoms with E-state index in [0.717, 1.165) is 0 Å². The lowest BCUT2D eigenvalue weighted by Crippen LogP contribution is -2.69. The summed E-state index contributed by atoms with van der Waals surface area (Å²) in [5.41, 5.74) is -4.44. The summed E-state index contributed by atoms with van der Waals surface area (Å²) in [5.74, 6) is -4.17. The number of hydrogen-bond acceptors (Lipinski definition) is 12. The van der Waals surface area contributed by atoms with E-state index < -0.39 is 34.7 Å². The van der Waals surface area contributed by atoms with Gasteiger partial charge in [-0.2, -0.15) is 0 Å². The van der Waals surface area contributed by atoms with Crippen LogP contribution in [0.2, 0.25) is 0 Å². The molecule has 1 saturated carbocycles. The SMILES string of the molecule is O=C(OCC1CO1)C1(C(=O)OCC2CO2)CCC1(C(=O)OCC1CO1)C(=O)OCC1CO1. The molecule has 12 heteroatoms. The molecule has 0 bridgehead atoms. The second-order valence-electron chi connectivity index (χ2n) is 8.53. The van der Waals surface area contributed by atoms with E-state index in [-0.39, 0.29) is 63.7 Å². The molecule has 176 valence electrons. The largest absolute Gasteiger partial charge is 0.462 e. The molecule has 0 radical (unpaired) electrons. The number of esters is 4. The average Bonchev–Trinajstić information content (AvgIpc) is 3.61. The van der Waals surface area contributed by atoms with Crippen LogP contribution in [0.5, 0.6) is 0 Å². The first-order valence-corrected chi connectivity index (χ1v) is 10.6. The second kappa shape index (κ2) is 8.25. The number of rotatable bonds is 12. The first-order valence-electron chi connectivity index (χ1n) is 10.6. The summed E-state index contributed by atoms with van der Waals surface area (Å²) in [4.78, 5) is 52.9. The predicted molar refractivity (Wildman–Crippen MR) is 96.9 cm³/mol. The molecule has 1 aliphatic carbocycles. The quantitative estimate of drug-likeness (QED) is 0.145. The van der Waals surface area contributed by atoms with Crippen molar-refractivity contribution < 1.29 is 57.1 Å².